The van der Waals surface area contributed by atoms with Crippen molar-refractivity contribution in [1.29, 1.82) is 0 Å². The maximum atomic E-state index is 12.0. The molecule has 0 atom stereocenters. The number of carbonyl (C=O) groups is 1. The zero-order chi connectivity index (χ0) is 14.8. The number of ether oxygens (including phenoxy) is 1. The van der Waals surface area contributed by atoms with Gasteiger partial charge < -0.3 is 9.15 Å². The maximum absolute atomic E-state index is 12.0. The zero-order valence-electron chi connectivity index (χ0n) is 10.9. The molecule has 0 unspecified atom stereocenters. The number of para-hydroxylation sites is 1. The predicted octanol–water partition coefficient (Wildman–Crippen LogP) is 1.17. The lowest BCUT2D eigenvalue weighted by Crippen LogP contribution is -2.15. The summed E-state index contributed by atoms with van der Waals surface area (Å²) in [7, 11) is 1.40. The number of aromatic nitrogens is 3. The molecule has 0 saturated heterocycles. The van der Waals surface area contributed by atoms with E-state index in [1.54, 1.807) is 24.3 Å². The van der Waals surface area contributed by atoms with E-state index in [4.69, 9.17) is 9.15 Å². The minimum atomic E-state index is -0.614. The standard InChI is InChI=1S/C13H10N4O4/c1-20-13-15-12(16-17-13)14-11(19)10-6-8(18)7-4-2-3-5-9(7)21-10/h2-6H,1H3,(H2,14,15,16,17,19). The number of hydrogen-bond donors (Lipinski definition) is 2. The van der Waals surface area contributed by atoms with Crippen LogP contribution in [0.15, 0.2) is 39.5 Å². The molecule has 2 N–H and O–H groups in total. The molecule has 0 fully saturated rings. The van der Waals surface area contributed by atoms with E-state index in [-0.39, 0.29) is 23.1 Å². The molecule has 8 heteroatoms. The van der Waals surface area contributed by atoms with Crippen molar-refractivity contribution in [1.82, 2.24) is 15.2 Å². The van der Waals surface area contributed by atoms with Crippen molar-refractivity contribution in [2.75, 3.05) is 12.4 Å². The van der Waals surface area contributed by atoms with Gasteiger partial charge in [0.25, 0.3) is 5.91 Å². The number of rotatable bonds is 3. The number of carbonyl (C=O) groups excluding carboxylic acids is 1. The molecule has 0 aliphatic carbocycles. The third kappa shape index (κ3) is 2.46. The van der Waals surface area contributed by atoms with Crippen LogP contribution in [0.2, 0.25) is 0 Å². The molecule has 1 aromatic carbocycles. The van der Waals surface area contributed by atoms with E-state index >= 15 is 0 Å². The Labute approximate surface area is 117 Å². The van der Waals surface area contributed by atoms with Crippen LogP contribution in [-0.4, -0.2) is 28.2 Å². The summed E-state index contributed by atoms with van der Waals surface area (Å²) in [5.41, 5.74) is 0.0439. The average molecular weight is 286 g/mol. The van der Waals surface area contributed by atoms with Crippen LogP contribution in [0.5, 0.6) is 6.01 Å². The molecule has 2 heterocycles. The summed E-state index contributed by atoms with van der Waals surface area (Å²) in [4.78, 5) is 27.8. The topological polar surface area (TPSA) is 110 Å². The van der Waals surface area contributed by atoms with E-state index in [9.17, 15) is 9.59 Å². The molecule has 8 nitrogen and oxygen atoms in total. The van der Waals surface area contributed by atoms with Crippen molar-refractivity contribution in [3.05, 3.63) is 46.3 Å². The number of hydrogen-bond acceptors (Lipinski definition) is 6. The van der Waals surface area contributed by atoms with Gasteiger partial charge >= 0.3 is 6.01 Å². The van der Waals surface area contributed by atoms with Gasteiger partial charge in [0, 0.05) is 6.07 Å². The summed E-state index contributed by atoms with van der Waals surface area (Å²) in [5.74, 6) is -0.640. The van der Waals surface area contributed by atoms with Crippen LogP contribution in [0.4, 0.5) is 5.95 Å². The summed E-state index contributed by atoms with van der Waals surface area (Å²) < 4.78 is 10.2. The van der Waals surface area contributed by atoms with Crippen LogP contribution in [0.1, 0.15) is 10.6 Å². The van der Waals surface area contributed by atoms with E-state index in [0.717, 1.165) is 6.07 Å². The Kier molecular flexibility index (Phi) is 3.11. The van der Waals surface area contributed by atoms with Gasteiger partial charge in [0.1, 0.15) is 5.58 Å². The van der Waals surface area contributed by atoms with Crippen molar-refractivity contribution in [3.63, 3.8) is 0 Å². The molecular formula is C13H10N4O4. The first-order valence-corrected chi connectivity index (χ1v) is 5.98. The highest BCUT2D eigenvalue weighted by atomic mass is 16.5. The Hall–Kier alpha value is -3.16. The molecule has 106 valence electrons. The Morgan fingerprint density at radius 2 is 2.19 bits per heavy atom. The molecule has 0 aliphatic heterocycles. The molecule has 0 aliphatic rings. The zero-order valence-corrected chi connectivity index (χ0v) is 10.9. The van der Waals surface area contributed by atoms with Crippen LogP contribution in [-0.2, 0) is 0 Å². The molecule has 3 aromatic rings. The number of fused-ring (bicyclic) bond motifs is 1. The van der Waals surface area contributed by atoms with Crippen LogP contribution >= 0.6 is 0 Å². The quantitative estimate of drug-likeness (QED) is 0.747. The fourth-order valence-corrected chi connectivity index (χ4v) is 1.78. The SMILES string of the molecule is COc1n[nH]c(NC(=O)c2cc(=O)c3ccccc3o2)n1. The third-order valence-corrected chi connectivity index (χ3v) is 2.74. The van der Waals surface area contributed by atoms with Gasteiger partial charge in [-0.25, -0.2) is 5.10 Å². The van der Waals surface area contributed by atoms with Crippen LogP contribution in [0, 0.1) is 0 Å². The molecular weight excluding hydrogens is 276 g/mol. The fourth-order valence-electron chi connectivity index (χ4n) is 1.78. The smallest absolute Gasteiger partial charge is 0.336 e. The van der Waals surface area contributed by atoms with E-state index in [1.165, 1.54) is 7.11 Å². The molecule has 0 spiro atoms. The largest absolute Gasteiger partial charge is 0.466 e. The molecule has 2 aromatic heterocycles. The van der Waals surface area contributed by atoms with E-state index in [1.807, 2.05) is 0 Å². The van der Waals surface area contributed by atoms with Crippen molar-refractivity contribution < 1.29 is 13.9 Å². The van der Waals surface area contributed by atoms with Gasteiger partial charge in [-0.1, -0.05) is 12.1 Å². The Bertz CT molecular complexity index is 868. The lowest BCUT2D eigenvalue weighted by atomic mass is 10.2. The molecule has 0 radical (unpaired) electrons. The Balaban J connectivity index is 1.92. The average Bonchev–Trinajstić information content (AvgIpc) is 2.95. The predicted molar refractivity (Wildman–Crippen MR) is 73.4 cm³/mol. The van der Waals surface area contributed by atoms with E-state index < -0.39 is 5.91 Å². The van der Waals surface area contributed by atoms with E-state index in [0.29, 0.717) is 11.0 Å². The number of aromatic amines is 1. The highest BCUT2D eigenvalue weighted by Crippen LogP contribution is 2.13. The maximum Gasteiger partial charge on any atom is 0.336 e. The first-order chi connectivity index (χ1) is 10.2. The number of benzene rings is 1. The summed E-state index contributed by atoms with van der Waals surface area (Å²) in [6.45, 7) is 0. The van der Waals surface area contributed by atoms with Crippen molar-refractivity contribution in [2.24, 2.45) is 0 Å². The lowest BCUT2D eigenvalue weighted by Gasteiger charge is -2.02. The highest BCUT2D eigenvalue weighted by molar-refractivity contribution is 6.01. The van der Waals surface area contributed by atoms with Crippen LogP contribution in [0.3, 0.4) is 0 Å². The van der Waals surface area contributed by atoms with Gasteiger partial charge in [0.2, 0.25) is 5.95 Å². The van der Waals surface area contributed by atoms with Crippen LogP contribution in [0.25, 0.3) is 11.0 Å². The highest BCUT2D eigenvalue weighted by Gasteiger charge is 2.14. The first-order valence-electron chi connectivity index (χ1n) is 5.98. The second-order valence-electron chi connectivity index (χ2n) is 4.10. The number of nitrogens with one attached hydrogen (secondary N) is 2. The van der Waals surface area contributed by atoms with Gasteiger partial charge in [0.15, 0.2) is 11.2 Å². The number of H-pyrrole nitrogens is 1. The molecule has 0 bridgehead atoms. The lowest BCUT2D eigenvalue weighted by molar-refractivity contribution is 0.0996. The number of amides is 1. The van der Waals surface area contributed by atoms with Crippen LogP contribution < -0.4 is 15.5 Å². The monoisotopic (exact) mass is 286 g/mol. The van der Waals surface area contributed by atoms with E-state index in [2.05, 4.69) is 20.5 Å². The van der Waals surface area contributed by atoms with Gasteiger partial charge in [-0.05, 0) is 12.1 Å². The van der Waals surface area contributed by atoms with Crippen molar-refractivity contribution >= 4 is 22.8 Å². The fraction of sp³-hybridized carbons (Fsp3) is 0.0769. The minimum absolute atomic E-state index is 0.0882. The minimum Gasteiger partial charge on any atom is -0.466 e. The normalized spacial score (nSPS) is 10.5. The van der Waals surface area contributed by atoms with Gasteiger partial charge in [-0.15, -0.1) is 5.10 Å². The number of anilines is 1. The molecule has 21 heavy (non-hydrogen) atoms. The summed E-state index contributed by atoms with van der Waals surface area (Å²) >= 11 is 0. The van der Waals surface area contributed by atoms with Crippen molar-refractivity contribution in [3.8, 4) is 6.01 Å². The number of methoxy groups -OCH3 is 1. The third-order valence-electron chi connectivity index (χ3n) is 2.74. The Morgan fingerprint density at radius 3 is 2.95 bits per heavy atom. The summed E-state index contributed by atoms with van der Waals surface area (Å²) in [6, 6.07) is 7.90. The molecule has 1 amide bonds. The second kappa shape index (κ2) is 5.08. The summed E-state index contributed by atoms with van der Waals surface area (Å²) in [6.07, 6.45) is 0. The molecule has 3 rings (SSSR count). The van der Waals surface area contributed by atoms with Crippen molar-refractivity contribution in [2.45, 2.75) is 0 Å². The number of nitrogens with zero attached hydrogens (tertiary/aromatic N) is 2. The van der Waals surface area contributed by atoms with Gasteiger partial charge in [-0.3, -0.25) is 14.9 Å². The van der Waals surface area contributed by atoms with Gasteiger partial charge in [0.05, 0.1) is 12.5 Å². The molecule has 0 saturated carbocycles. The first kappa shape index (κ1) is 12.9. The van der Waals surface area contributed by atoms with Gasteiger partial charge in [-0.2, -0.15) is 4.98 Å². The summed E-state index contributed by atoms with van der Waals surface area (Å²) in [5, 5.41) is 8.99. The second-order valence-corrected chi connectivity index (χ2v) is 4.10. The Morgan fingerprint density at radius 1 is 1.38 bits per heavy atom.